The first-order chi connectivity index (χ1) is 11.5. The first-order valence-corrected chi connectivity index (χ1v) is 9.43. The molecule has 0 radical (unpaired) electrons. The monoisotopic (exact) mass is 371 g/mol. The number of benzene rings is 1. The number of hydrogen-bond acceptors (Lipinski definition) is 4. The first kappa shape index (κ1) is 17.5. The molecule has 1 unspecified atom stereocenters. The highest BCUT2D eigenvalue weighted by Crippen LogP contribution is 2.23. The van der Waals surface area contributed by atoms with E-state index in [-0.39, 0.29) is 28.8 Å². The third-order valence-corrected chi connectivity index (χ3v) is 5.61. The van der Waals surface area contributed by atoms with Crippen LogP contribution in [0.1, 0.15) is 12.8 Å². The lowest BCUT2D eigenvalue weighted by atomic mass is 9.95. The lowest BCUT2D eigenvalue weighted by Gasteiger charge is -2.32. The van der Waals surface area contributed by atoms with Crippen molar-refractivity contribution in [1.29, 1.82) is 0 Å². The molecule has 3 rings (SSSR count). The van der Waals surface area contributed by atoms with E-state index < -0.39 is 5.82 Å². The molecular weight excluding hydrogens is 353 g/mol. The number of nitrogens with one attached hydrogen (secondary N) is 2. The molecule has 2 aliphatic rings. The number of likely N-dealkylation sites (tertiary alicyclic amines) is 1. The van der Waals surface area contributed by atoms with E-state index in [1.54, 1.807) is 11.8 Å². The quantitative estimate of drug-likeness (QED) is 0.856. The predicted octanol–water partition coefficient (Wildman–Crippen LogP) is 2.32. The summed E-state index contributed by atoms with van der Waals surface area (Å²) < 4.78 is 13.1. The third-order valence-electron chi connectivity index (χ3n) is 4.38. The number of rotatable bonds is 3. The summed E-state index contributed by atoms with van der Waals surface area (Å²) in [6, 6.07) is 4.02. The molecule has 2 heterocycles. The maximum Gasteiger partial charge on any atom is 0.240 e. The van der Waals surface area contributed by atoms with Crippen molar-refractivity contribution in [2.24, 2.45) is 5.92 Å². The zero-order valence-corrected chi connectivity index (χ0v) is 14.6. The van der Waals surface area contributed by atoms with Crippen molar-refractivity contribution in [2.45, 2.75) is 18.9 Å². The summed E-state index contributed by atoms with van der Waals surface area (Å²) >= 11 is 7.44. The van der Waals surface area contributed by atoms with Crippen LogP contribution in [-0.2, 0) is 9.59 Å². The van der Waals surface area contributed by atoms with Crippen molar-refractivity contribution in [3.8, 4) is 0 Å². The summed E-state index contributed by atoms with van der Waals surface area (Å²) in [5.74, 6) is 0.979. The van der Waals surface area contributed by atoms with Gasteiger partial charge in [-0.2, -0.15) is 0 Å². The molecule has 5 nitrogen and oxygen atoms in total. The van der Waals surface area contributed by atoms with Gasteiger partial charge in [-0.15, -0.1) is 11.8 Å². The highest BCUT2D eigenvalue weighted by Gasteiger charge is 2.32. The minimum absolute atomic E-state index is 0.0184. The second-order valence-corrected chi connectivity index (χ2v) is 7.43. The molecule has 0 spiro atoms. The largest absolute Gasteiger partial charge is 0.341 e. The Morgan fingerprint density at radius 2 is 2.08 bits per heavy atom. The Morgan fingerprint density at radius 3 is 2.71 bits per heavy atom. The Labute approximate surface area is 149 Å². The highest BCUT2D eigenvalue weighted by molar-refractivity contribution is 7.99. The third kappa shape index (κ3) is 4.02. The van der Waals surface area contributed by atoms with E-state index in [9.17, 15) is 14.0 Å². The van der Waals surface area contributed by atoms with Gasteiger partial charge in [0.2, 0.25) is 11.8 Å². The number of amides is 2. The zero-order chi connectivity index (χ0) is 17.1. The van der Waals surface area contributed by atoms with E-state index in [0.29, 0.717) is 31.6 Å². The van der Waals surface area contributed by atoms with E-state index >= 15 is 0 Å². The molecule has 2 fully saturated rings. The van der Waals surface area contributed by atoms with Crippen LogP contribution < -0.4 is 10.6 Å². The van der Waals surface area contributed by atoms with Crippen LogP contribution in [0.4, 0.5) is 10.1 Å². The molecule has 2 amide bonds. The predicted molar refractivity (Wildman–Crippen MR) is 93.6 cm³/mol. The molecule has 130 valence electrons. The maximum atomic E-state index is 13.1. The number of thioether (sulfide) groups is 1. The summed E-state index contributed by atoms with van der Waals surface area (Å²) in [6.07, 6.45) is 1.26. The van der Waals surface area contributed by atoms with E-state index in [1.807, 2.05) is 4.90 Å². The van der Waals surface area contributed by atoms with Crippen LogP contribution in [0.3, 0.4) is 0 Å². The van der Waals surface area contributed by atoms with Gasteiger partial charge in [0, 0.05) is 36.3 Å². The first-order valence-electron chi connectivity index (χ1n) is 7.90. The van der Waals surface area contributed by atoms with Gasteiger partial charge in [0.15, 0.2) is 0 Å². The Balaban J connectivity index is 1.51. The van der Waals surface area contributed by atoms with Crippen molar-refractivity contribution < 1.29 is 14.0 Å². The van der Waals surface area contributed by atoms with Crippen LogP contribution in [0, 0.1) is 11.7 Å². The highest BCUT2D eigenvalue weighted by atomic mass is 35.5. The molecule has 1 atom stereocenters. The van der Waals surface area contributed by atoms with Crippen molar-refractivity contribution in [3.63, 3.8) is 0 Å². The standard InChI is InChI=1S/C16H19ClFN3O2S/c17-12-7-11(1-2-13(12)18)20-15(22)10-3-5-21(6-4-10)16(23)14-8-24-9-19-14/h1-2,7,10,14,19H,3-6,8-9H2,(H,20,22). The van der Waals surface area contributed by atoms with Crippen LogP contribution in [0.25, 0.3) is 0 Å². The lowest BCUT2D eigenvalue weighted by Crippen LogP contribution is -2.49. The van der Waals surface area contributed by atoms with Crippen molar-refractivity contribution in [2.75, 3.05) is 30.0 Å². The molecule has 24 heavy (non-hydrogen) atoms. The molecule has 1 aromatic rings. The molecule has 0 aliphatic carbocycles. The van der Waals surface area contributed by atoms with Crippen LogP contribution in [0.15, 0.2) is 18.2 Å². The van der Waals surface area contributed by atoms with Gasteiger partial charge in [-0.3, -0.25) is 14.9 Å². The van der Waals surface area contributed by atoms with E-state index in [0.717, 1.165) is 11.6 Å². The second kappa shape index (κ2) is 7.72. The topological polar surface area (TPSA) is 61.4 Å². The number of carbonyl (C=O) groups excluding carboxylic acids is 2. The Hall–Kier alpha value is -1.31. The molecule has 2 N–H and O–H groups in total. The number of nitrogens with zero attached hydrogens (tertiary/aromatic N) is 1. The van der Waals surface area contributed by atoms with Crippen molar-refractivity contribution in [1.82, 2.24) is 10.2 Å². The van der Waals surface area contributed by atoms with Crippen LogP contribution in [0.2, 0.25) is 5.02 Å². The van der Waals surface area contributed by atoms with E-state index in [4.69, 9.17) is 11.6 Å². The Bertz CT molecular complexity index is 632. The number of hydrogen-bond donors (Lipinski definition) is 2. The minimum Gasteiger partial charge on any atom is -0.341 e. The molecule has 2 aliphatic heterocycles. The second-order valence-electron chi connectivity index (χ2n) is 5.99. The minimum atomic E-state index is -0.514. The summed E-state index contributed by atoms with van der Waals surface area (Å²) in [5.41, 5.74) is 0.483. The molecule has 0 aromatic heterocycles. The fourth-order valence-electron chi connectivity index (χ4n) is 2.95. The van der Waals surface area contributed by atoms with Crippen molar-refractivity contribution >= 4 is 40.9 Å². The molecule has 1 aromatic carbocycles. The fourth-order valence-corrected chi connectivity index (χ4v) is 4.07. The van der Waals surface area contributed by atoms with Gasteiger partial charge in [-0.25, -0.2) is 4.39 Å². The van der Waals surface area contributed by atoms with Crippen LogP contribution in [0.5, 0.6) is 0 Å². The van der Waals surface area contributed by atoms with E-state index in [1.165, 1.54) is 18.2 Å². The zero-order valence-electron chi connectivity index (χ0n) is 13.1. The number of piperidine rings is 1. The summed E-state index contributed by atoms with van der Waals surface area (Å²) in [6.45, 7) is 1.17. The van der Waals surface area contributed by atoms with Gasteiger partial charge in [0.25, 0.3) is 0 Å². The Kier molecular flexibility index (Phi) is 5.63. The normalized spacial score (nSPS) is 21.8. The van der Waals surface area contributed by atoms with Crippen molar-refractivity contribution in [3.05, 3.63) is 29.0 Å². The van der Waals surface area contributed by atoms with Gasteiger partial charge in [-0.05, 0) is 31.0 Å². The summed E-state index contributed by atoms with van der Waals surface area (Å²) in [5, 5.41) is 5.93. The number of halogens is 2. The summed E-state index contributed by atoms with van der Waals surface area (Å²) in [4.78, 5) is 26.5. The number of anilines is 1. The average Bonchev–Trinajstić information content (AvgIpc) is 3.12. The van der Waals surface area contributed by atoms with Gasteiger partial charge >= 0.3 is 0 Å². The van der Waals surface area contributed by atoms with Gasteiger partial charge in [0.1, 0.15) is 5.82 Å². The lowest BCUT2D eigenvalue weighted by molar-refractivity contribution is -0.135. The smallest absolute Gasteiger partial charge is 0.240 e. The molecule has 8 heteroatoms. The molecular formula is C16H19ClFN3O2S. The average molecular weight is 372 g/mol. The van der Waals surface area contributed by atoms with Crippen LogP contribution in [-0.4, -0.2) is 47.5 Å². The van der Waals surface area contributed by atoms with E-state index in [2.05, 4.69) is 10.6 Å². The SMILES string of the molecule is O=C(Nc1ccc(F)c(Cl)c1)C1CCN(C(=O)C2CSCN2)CC1. The maximum absolute atomic E-state index is 13.1. The van der Waals surface area contributed by atoms with Crippen LogP contribution >= 0.6 is 23.4 Å². The van der Waals surface area contributed by atoms with Gasteiger partial charge < -0.3 is 10.2 Å². The van der Waals surface area contributed by atoms with Gasteiger partial charge in [-0.1, -0.05) is 11.6 Å². The number of carbonyl (C=O) groups is 2. The van der Waals surface area contributed by atoms with Gasteiger partial charge in [0.05, 0.1) is 11.1 Å². The molecule has 2 saturated heterocycles. The Morgan fingerprint density at radius 1 is 1.33 bits per heavy atom. The molecule has 0 saturated carbocycles. The fraction of sp³-hybridized carbons (Fsp3) is 0.500. The summed E-state index contributed by atoms with van der Waals surface area (Å²) in [7, 11) is 0. The molecule has 0 bridgehead atoms.